The summed E-state index contributed by atoms with van der Waals surface area (Å²) >= 11 is 0. The zero-order valence-electron chi connectivity index (χ0n) is 15.3. The number of benzene rings is 1. The largest absolute Gasteiger partial charge is 0.471 e. The predicted octanol–water partition coefficient (Wildman–Crippen LogP) is 3.94. The third-order valence-corrected chi connectivity index (χ3v) is 4.06. The molecule has 0 aliphatic carbocycles. The van der Waals surface area contributed by atoms with Crippen molar-refractivity contribution in [2.45, 2.75) is 57.5 Å². The Balaban J connectivity index is 2.23. The van der Waals surface area contributed by atoms with Crippen LogP contribution in [-0.4, -0.2) is 41.3 Å². The lowest BCUT2D eigenvalue weighted by Crippen LogP contribution is -2.51. The zero-order chi connectivity index (χ0) is 20.4. The normalized spacial score (nSPS) is 20.9. The number of likely N-dealkylation sites (tertiary alicyclic amines) is 1. The molecule has 1 aromatic carbocycles. The van der Waals surface area contributed by atoms with Gasteiger partial charge in [0.2, 0.25) is 0 Å². The number of nitrogens with one attached hydrogen (secondary N) is 1. The Morgan fingerprint density at radius 2 is 1.89 bits per heavy atom. The lowest BCUT2D eigenvalue weighted by Gasteiger charge is -2.40. The number of amides is 2. The number of halogens is 4. The van der Waals surface area contributed by atoms with E-state index < -0.39 is 41.7 Å². The summed E-state index contributed by atoms with van der Waals surface area (Å²) in [4.78, 5) is 25.1. The van der Waals surface area contributed by atoms with Crippen molar-refractivity contribution in [3.05, 3.63) is 35.6 Å². The van der Waals surface area contributed by atoms with E-state index in [0.29, 0.717) is 5.56 Å². The fourth-order valence-electron chi connectivity index (χ4n) is 2.93. The standard InChI is InChI=1S/C18H22F4N2O3/c1-17(2,3)27-16(26)24-8-7-13(23-15(25)18(20,21)22)10-14(24)11-5-4-6-12(19)9-11/h4-6,9,13-14H,7-8,10H2,1-3H3,(H,23,25)/t13?,14-/m0/s1. The molecule has 0 spiro atoms. The van der Waals surface area contributed by atoms with Crippen LogP contribution in [0, 0.1) is 5.82 Å². The van der Waals surface area contributed by atoms with Gasteiger partial charge in [0.1, 0.15) is 11.4 Å². The molecule has 0 bridgehead atoms. The third-order valence-electron chi connectivity index (χ3n) is 4.06. The Morgan fingerprint density at radius 1 is 1.22 bits per heavy atom. The Kier molecular flexibility index (Phi) is 6.01. The molecule has 1 N–H and O–H groups in total. The summed E-state index contributed by atoms with van der Waals surface area (Å²) in [5.74, 6) is -2.56. The predicted molar refractivity (Wildman–Crippen MR) is 89.3 cm³/mol. The van der Waals surface area contributed by atoms with Gasteiger partial charge in [-0.05, 0) is 51.3 Å². The molecular weight excluding hydrogens is 368 g/mol. The van der Waals surface area contributed by atoms with E-state index in [9.17, 15) is 27.2 Å². The van der Waals surface area contributed by atoms with Crippen LogP contribution in [0.2, 0.25) is 0 Å². The Labute approximate surface area is 154 Å². The van der Waals surface area contributed by atoms with E-state index in [1.165, 1.54) is 23.1 Å². The highest BCUT2D eigenvalue weighted by Gasteiger charge is 2.42. The molecule has 0 radical (unpaired) electrons. The molecule has 2 rings (SSSR count). The molecule has 9 heteroatoms. The molecule has 5 nitrogen and oxygen atoms in total. The van der Waals surface area contributed by atoms with Crippen molar-refractivity contribution >= 4 is 12.0 Å². The van der Waals surface area contributed by atoms with Crippen LogP contribution in [0.5, 0.6) is 0 Å². The summed E-state index contributed by atoms with van der Waals surface area (Å²) in [6.07, 6.45) is -5.48. The number of piperidine rings is 1. The van der Waals surface area contributed by atoms with E-state index in [2.05, 4.69) is 0 Å². The number of hydrogen-bond donors (Lipinski definition) is 1. The Morgan fingerprint density at radius 3 is 2.44 bits per heavy atom. The van der Waals surface area contributed by atoms with E-state index in [1.54, 1.807) is 26.8 Å². The molecule has 150 valence electrons. The van der Waals surface area contributed by atoms with Gasteiger partial charge in [0.05, 0.1) is 6.04 Å². The van der Waals surface area contributed by atoms with E-state index in [1.807, 2.05) is 5.32 Å². The van der Waals surface area contributed by atoms with Crippen LogP contribution in [-0.2, 0) is 9.53 Å². The van der Waals surface area contributed by atoms with E-state index in [4.69, 9.17) is 4.74 Å². The van der Waals surface area contributed by atoms with Crippen LogP contribution in [0.3, 0.4) is 0 Å². The highest BCUT2D eigenvalue weighted by molar-refractivity contribution is 5.82. The van der Waals surface area contributed by atoms with Crippen LogP contribution in [0.1, 0.15) is 45.2 Å². The van der Waals surface area contributed by atoms with Gasteiger partial charge in [-0.3, -0.25) is 4.79 Å². The van der Waals surface area contributed by atoms with Crippen LogP contribution < -0.4 is 5.32 Å². The summed E-state index contributed by atoms with van der Waals surface area (Å²) in [5, 5.41) is 1.94. The first kappa shape index (κ1) is 21.0. The molecule has 1 fully saturated rings. The first-order chi connectivity index (χ1) is 12.4. The summed E-state index contributed by atoms with van der Waals surface area (Å²) in [6, 6.07) is 3.96. The Bertz CT molecular complexity index is 701. The fourth-order valence-corrected chi connectivity index (χ4v) is 2.93. The van der Waals surface area contributed by atoms with Gasteiger partial charge in [0.25, 0.3) is 0 Å². The van der Waals surface area contributed by atoms with Crippen LogP contribution >= 0.6 is 0 Å². The molecule has 1 aromatic rings. The summed E-state index contributed by atoms with van der Waals surface area (Å²) in [7, 11) is 0. The SMILES string of the molecule is CC(C)(C)OC(=O)N1CCC(NC(=O)C(F)(F)F)C[C@H]1c1cccc(F)c1. The van der Waals surface area contributed by atoms with Crippen molar-refractivity contribution in [1.29, 1.82) is 0 Å². The molecular formula is C18H22F4N2O3. The van der Waals surface area contributed by atoms with Crippen LogP contribution in [0.4, 0.5) is 22.4 Å². The van der Waals surface area contributed by atoms with Crippen LogP contribution in [0.15, 0.2) is 24.3 Å². The van der Waals surface area contributed by atoms with E-state index in [0.717, 1.165) is 0 Å². The van der Waals surface area contributed by atoms with Gasteiger partial charge in [-0.15, -0.1) is 0 Å². The average Bonchev–Trinajstić information content (AvgIpc) is 2.52. The van der Waals surface area contributed by atoms with Crippen molar-refractivity contribution in [3.63, 3.8) is 0 Å². The highest BCUT2D eigenvalue weighted by Crippen LogP contribution is 2.33. The number of carbonyl (C=O) groups is 2. The van der Waals surface area contributed by atoms with Crippen LogP contribution in [0.25, 0.3) is 0 Å². The minimum atomic E-state index is -4.99. The average molecular weight is 390 g/mol. The van der Waals surface area contributed by atoms with Gasteiger partial charge in [-0.1, -0.05) is 12.1 Å². The topological polar surface area (TPSA) is 58.6 Å². The first-order valence-electron chi connectivity index (χ1n) is 8.49. The molecule has 27 heavy (non-hydrogen) atoms. The van der Waals surface area contributed by atoms with Crippen molar-refractivity contribution < 1.29 is 31.9 Å². The maximum Gasteiger partial charge on any atom is 0.471 e. The van der Waals surface area contributed by atoms with Gasteiger partial charge in [0, 0.05) is 12.6 Å². The molecule has 1 saturated heterocycles. The second-order valence-corrected chi connectivity index (χ2v) is 7.44. The lowest BCUT2D eigenvalue weighted by atomic mass is 9.92. The molecule has 0 saturated carbocycles. The minimum absolute atomic E-state index is 0.0184. The summed E-state index contributed by atoms with van der Waals surface area (Å²) in [6.45, 7) is 5.15. The van der Waals surface area contributed by atoms with Crippen molar-refractivity contribution in [2.75, 3.05) is 6.54 Å². The maximum atomic E-state index is 13.6. The zero-order valence-corrected chi connectivity index (χ0v) is 15.3. The van der Waals surface area contributed by atoms with Crippen molar-refractivity contribution in [2.24, 2.45) is 0 Å². The Hall–Kier alpha value is -2.32. The number of ether oxygens (including phenoxy) is 1. The smallest absolute Gasteiger partial charge is 0.444 e. The van der Waals surface area contributed by atoms with Gasteiger partial charge in [-0.25, -0.2) is 9.18 Å². The van der Waals surface area contributed by atoms with Gasteiger partial charge < -0.3 is 15.0 Å². The lowest BCUT2D eigenvalue weighted by molar-refractivity contribution is -0.174. The van der Waals surface area contributed by atoms with Gasteiger partial charge in [-0.2, -0.15) is 13.2 Å². The number of carbonyl (C=O) groups excluding carboxylic acids is 2. The molecule has 1 unspecified atom stereocenters. The van der Waals surface area contributed by atoms with Gasteiger partial charge in [0.15, 0.2) is 0 Å². The van der Waals surface area contributed by atoms with Crippen molar-refractivity contribution in [3.8, 4) is 0 Å². The number of rotatable bonds is 2. The van der Waals surface area contributed by atoms with E-state index >= 15 is 0 Å². The minimum Gasteiger partial charge on any atom is -0.444 e. The fraction of sp³-hybridized carbons (Fsp3) is 0.556. The highest BCUT2D eigenvalue weighted by atomic mass is 19.4. The number of nitrogens with zero attached hydrogens (tertiary/aromatic N) is 1. The third kappa shape index (κ3) is 5.83. The quantitative estimate of drug-likeness (QED) is 0.778. The number of hydrogen-bond acceptors (Lipinski definition) is 3. The molecule has 1 aliphatic heterocycles. The maximum absolute atomic E-state index is 13.6. The summed E-state index contributed by atoms with van der Waals surface area (Å²) in [5.41, 5.74) is -0.336. The molecule has 2 atom stereocenters. The monoisotopic (exact) mass is 390 g/mol. The molecule has 1 heterocycles. The van der Waals surface area contributed by atoms with Gasteiger partial charge >= 0.3 is 18.2 Å². The molecule has 1 aliphatic rings. The number of alkyl halides is 3. The molecule has 0 aromatic heterocycles. The first-order valence-corrected chi connectivity index (χ1v) is 8.49. The van der Waals surface area contributed by atoms with Crippen molar-refractivity contribution in [1.82, 2.24) is 10.2 Å². The summed E-state index contributed by atoms with van der Waals surface area (Å²) < 4.78 is 56.6. The molecule has 2 amide bonds. The second-order valence-electron chi connectivity index (χ2n) is 7.44. The second kappa shape index (κ2) is 7.74. The van der Waals surface area contributed by atoms with E-state index in [-0.39, 0.29) is 19.4 Å².